The number of rotatable bonds is 4. The lowest BCUT2D eigenvalue weighted by atomic mass is 9.98. The number of nitrogens with zero attached hydrogens (tertiary/aromatic N) is 2. The number of nitrogens with one attached hydrogen (secondary N) is 1. The lowest BCUT2D eigenvalue weighted by molar-refractivity contribution is -0.151. The second-order valence-corrected chi connectivity index (χ2v) is 5.94. The standard InChI is InChI=1S/C15H27N3O3/c1-12(11-16-2)14(19)18-6-4-3-5-13(18)15(20)17-7-9-21-10-8-17/h12-13,16H,3-11H2,1-2H3. The number of likely N-dealkylation sites (tertiary alicyclic amines) is 1. The quantitative estimate of drug-likeness (QED) is 0.798. The second kappa shape index (κ2) is 7.75. The smallest absolute Gasteiger partial charge is 0.245 e. The van der Waals surface area contributed by atoms with Crippen LogP contribution in [0.15, 0.2) is 0 Å². The van der Waals surface area contributed by atoms with E-state index in [1.807, 2.05) is 23.8 Å². The molecule has 2 atom stereocenters. The van der Waals surface area contributed by atoms with E-state index in [0.29, 0.717) is 39.4 Å². The van der Waals surface area contributed by atoms with Gasteiger partial charge in [0.15, 0.2) is 0 Å². The van der Waals surface area contributed by atoms with Gasteiger partial charge >= 0.3 is 0 Å². The Morgan fingerprint density at radius 3 is 2.62 bits per heavy atom. The number of hydrogen-bond acceptors (Lipinski definition) is 4. The van der Waals surface area contributed by atoms with Gasteiger partial charge in [-0.25, -0.2) is 0 Å². The van der Waals surface area contributed by atoms with Gasteiger partial charge in [-0.15, -0.1) is 0 Å². The number of piperidine rings is 1. The molecule has 2 unspecified atom stereocenters. The zero-order valence-electron chi connectivity index (χ0n) is 13.1. The van der Waals surface area contributed by atoms with Crippen molar-refractivity contribution in [1.82, 2.24) is 15.1 Å². The molecule has 0 bridgehead atoms. The van der Waals surface area contributed by atoms with Crippen molar-refractivity contribution in [3.8, 4) is 0 Å². The third-order valence-electron chi connectivity index (χ3n) is 4.33. The molecule has 2 saturated heterocycles. The van der Waals surface area contributed by atoms with Crippen LogP contribution in [0.3, 0.4) is 0 Å². The first kappa shape index (κ1) is 16.2. The van der Waals surface area contributed by atoms with E-state index < -0.39 is 0 Å². The Hall–Kier alpha value is -1.14. The van der Waals surface area contributed by atoms with Gasteiger partial charge < -0.3 is 19.9 Å². The zero-order valence-corrected chi connectivity index (χ0v) is 13.1. The Labute approximate surface area is 126 Å². The molecule has 0 aromatic rings. The minimum Gasteiger partial charge on any atom is -0.378 e. The minimum atomic E-state index is -0.274. The number of carbonyl (C=O) groups excluding carboxylic acids is 2. The first-order valence-electron chi connectivity index (χ1n) is 7.96. The van der Waals surface area contributed by atoms with Crippen LogP contribution in [-0.4, -0.2) is 74.1 Å². The Balaban J connectivity index is 2.03. The van der Waals surface area contributed by atoms with Crippen LogP contribution in [0.2, 0.25) is 0 Å². The summed E-state index contributed by atoms with van der Waals surface area (Å²) in [7, 11) is 1.84. The van der Waals surface area contributed by atoms with Crippen molar-refractivity contribution in [2.75, 3.05) is 46.4 Å². The Bertz CT molecular complexity index is 369. The van der Waals surface area contributed by atoms with Gasteiger partial charge in [-0.05, 0) is 26.3 Å². The van der Waals surface area contributed by atoms with Gasteiger partial charge in [-0.3, -0.25) is 9.59 Å². The highest BCUT2D eigenvalue weighted by molar-refractivity contribution is 5.88. The molecule has 2 fully saturated rings. The first-order chi connectivity index (χ1) is 10.1. The molecule has 6 nitrogen and oxygen atoms in total. The maximum atomic E-state index is 12.7. The molecule has 6 heteroatoms. The Morgan fingerprint density at radius 2 is 1.95 bits per heavy atom. The van der Waals surface area contributed by atoms with E-state index in [0.717, 1.165) is 19.3 Å². The van der Waals surface area contributed by atoms with Crippen LogP contribution in [0.5, 0.6) is 0 Å². The summed E-state index contributed by atoms with van der Waals surface area (Å²) in [5, 5.41) is 3.04. The molecule has 2 amide bonds. The Morgan fingerprint density at radius 1 is 1.24 bits per heavy atom. The van der Waals surface area contributed by atoms with Crippen molar-refractivity contribution in [2.45, 2.75) is 32.2 Å². The molecule has 21 heavy (non-hydrogen) atoms. The third-order valence-corrected chi connectivity index (χ3v) is 4.33. The minimum absolute atomic E-state index is 0.0897. The van der Waals surface area contributed by atoms with Crippen molar-refractivity contribution in [1.29, 1.82) is 0 Å². The van der Waals surface area contributed by atoms with Crippen LogP contribution in [0.1, 0.15) is 26.2 Å². The number of morpholine rings is 1. The lowest BCUT2D eigenvalue weighted by Crippen LogP contribution is -2.56. The van der Waals surface area contributed by atoms with Crippen molar-refractivity contribution < 1.29 is 14.3 Å². The number of amides is 2. The monoisotopic (exact) mass is 297 g/mol. The van der Waals surface area contributed by atoms with Gasteiger partial charge in [0.1, 0.15) is 6.04 Å². The third kappa shape index (κ3) is 3.95. The highest BCUT2D eigenvalue weighted by atomic mass is 16.5. The molecule has 2 rings (SSSR count). The van der Waals surface area contributed by atoms with Gasteiger partial charge in [-0.1, -0.05) is 6.92 Å². The second-order valence-electron chi connectivity index (χ2n) is 5.94. The summed E-state index contributed by atoms with van der Waals surface area (Å²) in [5.41, 5.74) is 0. The predicted molar refractivity (Wildman–Crippen MR) is 79.8 cm³/mol. The molecule has 0 aromatic heterocycles. The average Bonchev–Trinajstić information content (AvgIpc) is 2.54. The summed E-state index contributed by atoms with van der Waals surface area (Å²) in [6, 6.07) is -0.274. The summed E-state index contributed by atoms with van der Waals surface area (Å²) in [6.07, 6.45) is 2.80. The topological polar surface area (TPSA) is 61.9 Å². The van der Waals surface area contributed by atoms with Gasteiger partial charge in [-0.2, -0.15) is 0 Å². The van der Waals surface area contributed by atoms with Gasteiger partial charge in [0.2, 0.25) is 11.8 Å². The highest BCUT2D eigenvalue weighted by Crippen LogP contribution is 2.21. The number of ether oxygens (including phenoxy) is 1. The van der Waals surface area contributed by atoms with E-state index in [1.165, 1.54) is 0 Å². The van der Waals surface area contributed by atoms with Crippen molar-refractivity contribution in [3.63, 3.8) is 0 Å². The van der Waals surface area contributed by atoms with E-state index in [2.05, 4.69) is 5.32 Å². The van der Waals surface area contributed by atoms with Gasteiger partial charge in [0.25, 0.3) is 0 Å². The van der Waals surface area contributed by atoms with Gasteiger partial charge in [0.05, 0.1) is 13.2 Å². The molecule has 0 saturated carbocycles. The molecule has 2 aliphatic rings. The van der Waals surface area contributed by atoms with E-state index in [1.54, 1.807) is 0 Å². The SMILES string of the molecule is CNCC(C)C(=O)N1CCCCC1C(=O)N1CCOCC1. The number of hydrogen-bond donors (Lipinski definition) is 1. The van der Waals surface area contributed by atoms with E-state index in [4.69, 9.17) is 4.74 Å². The molecule has 0 aromatic carbocycles. The average molecular weight is 297 g/mol. The molecule has 2 heterocycles. The maximum Gasteiger partial charge on any atom is 0.245 e. The fourth-order valence-electron chi connectivity index (χ4n) is 3.12. The van der Waals surface area contributed by atoms with E-state index in [9.17, 15) is 9.59 Å². The molecular weight excluding hydrogens is 270 g/mol. The van der Waals surface area contributed by atoms with Crippen LogP contribution in [-0.2, 0) is 14.3 Å². The summed E-state index contributed by atoms with van der Waals surface area (Å²) < 4.78 is 5.30. The zero-order chi connectivity index (χ0) is 15.2. The Kier molecular flexibility index (Phi) is 5.99. The summed E-state index contributed by atoms with van der Waals surface area (Å²) >= 11 is 0. The van der Waals surface area contributed by atoms with Crippen LogP contribution in [0, 0.1) is 5.92 Å². The molecule has 2 aliphatic heterocycles. The first-order valence-corrected chi connectivity index (χ1v) is 7.96. The van der Waals surface area contributed by atoms with Crippen LogP contribution >= 0.6 is 0 Å². The molecule has 120 valence electrons. The number of carbonyl (C=O) groups is 2. The predicted octanol–water partition coefficient (Wildman–Crippen LogP) is 0.0818. The molecule has 0 radical (unpaired) electrons. The van der Waals surface area contributed by atoms with E-state index >= 15 is 0 Å². The summed E-state index contributed by atoms with van der Waals surface area (Å²) in [4.78, 5) is 28.9. The maximum absolute atomic E-state index is 12.7. The molecule has 1 N–H and O–H groups in total. The molecule has 0 spiro atoms. The van der Waals surface area contributed by atoms with Crippen LogP contribution < -0.4 is 5.32 Å². The van der Waals surface area contributed by atoms with Crippen molar-refractivity contribution in [3.05, 3.63) is 0 Å². The van der Waals surface area contributed by atoms with Crippen LogP contribution in [0.25, 0.3) is 0 Å². The normalized spacial score (nSPS) is 24.8. The lowest BCUT2D eigenvalue weighted by Gasteiger charge is -2.39. The van der Waals surface area contributed by atoms with Gasteiger partial charge in [0, 0.05) is 32.1 Å². The summed E-state index contributed by atoms with van der Waals surface area (Å²) in [5.74, 6) is 0.103. The molecule has 0 aliphatic carbocycles. The van der Waals surface area contributed by atoms with Crippen molar-refractivity contribution >= 4 is 11.8 Å². The largest absolute Gasteiger partial charge is 0.378 e. The molecular formula is C15H27N3O3. The van der Waals surface area contributed by atoms with E-state index in [-0.39, 0.29) is 23.8 Å². The highest BCUT2D eigenvalue weighted by Gasteiger charge is 2.36. The fourth-order valence-corrected chi connectivity index (χ4v) is 3.12. The van der Waals surface area contributed by atoms with Crippen molar-refractivity contribution in [2.24, 2.45) is 5.92 Å². The summed E-state index contributed by atoms with van der Waals surface area (Å²) in [6.45, 7) is 5.75. The fraction of sp³-hybridized carbons (Fsp3) is 0.867. The van der Waals surface area contributed by atoms with Crippen LogP contribution in [0.4, 0.5) is 0 Å².